The van der Waals surface area contributed by atoms with Crippen molar-refractivity contribution in [3.63, 3.8) is 0 Å². The smallest absolute Gasteiger partial charge is 0.262 e. The van der Waals surface area contributed by atoms with Crippen molar-refractivity contribution in [2.24, 2.45) is 0 Å². The number of halogens is 11. The second-order valence-electron chi connectivity index (χ2n) is 3.10. The van der Waals surface area contributed by atoms with E-state index in [2.05, 4.69) is 0 Å². The summed E-state index contributed by atoms with van der Waals surface area (Å²) in [6.07, 6.45) is -20.3. The summed E-state index contributed by atoms with van der Waals surface area (Å²) in [5.74, 6) is -12.4. The van der Waals surface area contributed by atoms with Gasteiger partial charge >= 0.3 is 30.2 Å². The molecule has 0 spiro atoms. The predicted octanol–water partition coefficient (Wildman–Crippen LogP) is 4.04. The van der Waals surface area contributed by atoms with Crippen LogP contribution in [0.5, 0.6) is 0 Å². The Kier molecular flexibility index (Phi) is 3.91. The maximum absolute atomic E-state index is 12.5. The van der Waals surface area contributed by atoms with Gasteiger partial charge in [0.15, 0.2) is 0 Å². The van der Waals surface area contributed by atoms with Crippen molar-refractivity contribution in [1.82, 2.24) is 0 Å². The Bertz CT molecular complexity index is 280. The van der Waals surface area contributed by atoms with Crippen molar-refractivity contribution in [3.8, 4) is 0 Å². The summed E-state index contributed by atoms with van der Waals surface area (Å²) in [5, 5.41) is 0. The van der Waals surface area contributed by atoms with Crippen LogP contribution in [0.4, 0.5) is 48.3 Å². The molecule has 0 atom stereocenters. The van der Waals surface area contributed by atoms with Crippen molar-refractivity contribution in [2.75, 3.05) is 0 Å². The second-order valence-corrected chi connectivity index (χ2v) is 3.10. The molecule has 0 rings (SSSR count). The molecule has 0 aliphatic carbocycles. The first-order valence-electron chi connectivity index (χ1n) is 3.74. The Morgan fingerprint density at radius 2 is 0.889 bits per heavy atom. The highest BCUT2D eigenvalue weighted by atomic mass is 19.4. The fourth-order valence-electron chi connectivity index (χ4n) is 0.543. The molecule has 18 heavy (non-hydrogen) atoms. The molecule has 0 saturated carbocycles. The van der Waals surface area contributed by atoms with Gasteiger partial charge in [-0.25, -0.2) is 0 Å². The number of rotatable bonds is 3. The van der Waals surface area contributed by atoms with E-state index in [1.54, 1.807) is 4.74 Å². The Balaban J connectivity index is 5.58. The predicted molar refractivity (Wildman–Crippen MR) is 32.6 cm³/mol. The quantitative estimate of drug-likeness (QED) is 0.715. The molecule has 0 aromatic heterocycles. The maximum Gasteiger partial charge on any atom is 0.458 e. The van der Waals surface area contributed by atoms with Crippen LogP contribution in [0, 0.1) is 0 Å². The monoisotopic (exact) mass is 300 g/mol. The van der Waals surface area contributed by atoms with Crippen LogP contribution in [0.3, 0.4) is 0 Å². The lowest BCUT2D eigenvalue weighted by molar-refractivity contribution is -0.501. The molecule has 0 radical (unpaired) electrons. The number of hydrogen-bond donors (Lipinski definition) is 0. The van der Waals surface area contributed by atoms with Gasteiger partial charge < -0.3 is 0 Å². The van der Waals surface area contributed by atoms with E-state index < -0.39 is 37.2 Å². The zero-order valence-electron chi connectivity index (χ0n) is 8.07. The summed E-state index contributed by atoms with van der Waals surface area (Å²) < 4.78 is 133. The van der Waals surface area contributed by atoms with Crippen molar-refractivity contribution >= 4 is 0 Å². The SMILES string of the molecule is CC(F)(F)C(F)(F)OC(F)(C(F)(F)F)C(F)(F)F. The molecule has 0 unspecified atom stereocenters. The van der Waals surface area contributed by atoms with Gasteiger partial charge in [-0.15, -0.1) is 0 Å². The van der Waals surface area contributed by atoms with E-state index in [4.69, 9.17) is 0 Å². The van der Waals surface area contributed by atoms with Gasteiger partial charge in [0.2, 0.25) is 0 Å². The number of ether oxygens (including phenoxy) is 1. The van der Waals surface area contributed by atoms with Crippen LogP contribution in [-0.2, 0) is 4.74 Å². The Hall–Kier alpha value is -0.810. The zero-order valence-corrected chi connectivity index (χ0v) is 8.07. The van der Waals surface area contributed by atoms with E-state index in [1.165, 1.54) is 0 Å². The molecular weight excluding hydrogens is 297 g/mol. The minimum absolute atomic E-state index is 0.736. The zero-order chi connectivity index (χ0) is 15.2. The lowest BCUT2D eigenvalue weighted by atomic mass is 10.2. The van der Waals surface area contributed by atoms with Crippen LogP contribution in [-0.4, -0.2) is 30.2 Å². The van der Waals surface area contributed by atoms with Gasteiger partial charge in [-0.05, 0) is 0 Å². The van der Waals surface area contributed by atoms with E-state index in [0.717, 1.165) is 0 Å². The standard InChI is InChI=1S/C6H3F11O/c1-2(7,8)6(16,17)18-3(9,4(10,11)12)5(13,14)15/h1H3. The highest BCUT2D eigenvalue weighted by Gasteiger charge is 2.79. The first-order chi connectivity index (χ1) is 7.46. The van der Waals surface area contributed by atoms with Crippen LogP contribution in [0.1, 0.15) is 6.92 Å². The molecular formula is C6H3F11O. The molecule has 12 heteroatoms. The van der Waals surface area contributed by atoms with E-state index in [9.17, 15) is 48.3 Å². The first kappa shape index (κ1) is 17.2. The molecule has 0 amide bonds. The van der Waals surface area contributed by atoms with Crippen LogP contribution < -0.4 is 0 Å². The fourth-order valence-corrected chi connectivity index (χ4v) is 0.543. The summed E-state index contributed by atoms with van der Waals surface area (Å²) >= 11 is 0. The van der Waals surface area contributed by atoms with Crippen LogP contribution in [0.15, 0.2) is 0 Å². The lowest BCUT2D eigenvalue weighted by Gasteiger charge is -2.34. The van der Waals surface area contributed by atoms with Gasteiger partial charge in [-0.2, -0.15) is 48.3 Å². The molecule has 0 fully saturated rings. The van der Waals surface area contributed by atoms with Crippen molar-refractivity contribution < 1.29 is 53.0 Å². The molecule has 110 valence electrons. The molecule has 0 aliphatic rings. The Labute approximate surface area is 91.5 Å². The molecule has 0 N–H and O–H groups in total. The second kappa shape index (κ2) is 4.10. The average molecular weight is 300 g/mol. The Morgan fingerprint density at radius 1 is 0.611 bits per heavy atom. The van der Waals surface area contributed by atoms with E-state index >= 15 is 0 Å². The number of alkyl halides is 11. The van der Waals surface area contributed by atoms with Gasteiger partial charge in [0.05, 0.1) is 0 Å². The largest absolute Gasteiger partial charge is 0.458 e. The first-order valence-corrected chi connectivity index (χ1v) is 3.74. The van der Waals surface area contributed by atoms with E-state index in [-0.39, 0.29) is 0 Å². The van der Waals surface area contributed by atoms with Crippen LogP contribution in [0.2, 0.25) is 0 Å². The highest BCUT2D eigenvalue weighted by Crippen LogP contribution is 2.51. The van der Waals surface area contributed by atoms with Crippen LogP contribution >= 0.6 is 0 Å². The maximum atomic E-state index is 12.5. The van der Waals surface area contributed by atoms with E-state index in [0.29, 0.717) is 0 Å². The van der Waals surface area contributed by atoms with Gasteiger partial charge in [-0.3, -0.25) is 4.74 Å². The number of hydrogen-bond acceptors (Lipinski definition) is 1. The topological polar surface area (TPSA) is 9.23 Å². The third-order valence-electron chi connectivity index (χ3n) is 1.51. The molecule has 0 bridgehead atoms. The summed E-state index contributed by atoms with van der Waals surface area (Å²) in [7, 11) is 0. The molecule has 0 aromatic carbocycles. The fraction of sp³-hybridized carbons (Fsp3) is 1.00. The van der Waals surface area contributed by atoms with Gasteiger partial charge in [-0.1, -0.05) is 0 Å². The summed E-state index contributed by atoms with van der Waals surface area (Å²) in [5.41, 5.74) is 0. The summed E-state index contributed by atoms with van der Waals surface area (Å²) in [6, 6.07) is 0. The van der Waals surface area contributed by atoms with Gasteiger partial charge in [0, 0.05) is 6.92 Å². The summed E-state index contributed by atoms with van der Waals surface area (Å²) in [4.78, 5) is 0. The minimum Gasteiger partial charge on any atom is -0.262 e. The van der Waals surface area contributed by atoms with Crippen molar-refractivity contribution in [1.29, 1.82) is 0 Å². The van der Waals surface area contributed by atoms with Gasteiger partial charge in [0.1, 0.15) is 0 Å². The normalized spacial score (nSPS) is 16.0. The van der Waals surface area contributed by atoms with Crippen molar-refractivity contribution in [3.05, 3.63) is 0 Å². The van der Waals surface area contributed by atoms with Gasteiger partial charge in [0.25, 0.3) is 0 Å². The minimum atomic E-state index is -7.01. The lowest BCUT2D eigenvalue weighted by Crippen LogP contribution is -2.60. The molecule has 0 aliphatic heterocycles. The van der Waals surface area contributed by atoms with Crippen LogP contribution in [0.25, 0.3) is 0 Å². The molecule has 0 aromatic rings. The summed E-state index contributed by atoms with van der Waals surface area (Å²) in [6.45, 7) is -0.736. The molecule has 0 saturated heterocycles. The third kappa shape index (κ3) is 2.95. The molecule has 1 nitrogen and oxygen atoms in total. The molecule has 0 heterocycles. The van der Waals surface area contributed by atoms with Crippen molar-refractivity contribution in [2.45, 2.75) is 37.2 Å². The van der Waals surface area contributed by atoms with E-state index in [1.807, 2.05) is 0 Å². The highest BCUT2D eigenvalue weighted by molar-refractivity contribution is 4.88. The average Bonchev–Trinajstić information content (AvgIpc) is 1.95. The third-order valence-corrected chi connectivity index (χ3v) is 1.51. The Morgan fingerprint density at radius 3 is 1.06 bits per heavy atom.